The van der Waals surface area contributed by atoms with Crippen molar-refractivity contribution in [1.82, 2.24) is 4.57 Å². The summed E-state index contributed by atoms with van der Waals surface area (Å²) >= 11 is 0. The summed E-state index contributed by atoms with van der Waals surface area (Å²) in [7, 11) is 0. The molecular weight excluding hydrogens is 338 g/mol. The van der Waals surface area contributed by atoms with E-state index in [0.717, 1.165) is 12.1 Å². The van der Waals surface area contributed by atoms with Crippen LogP contribution in [-0.2, 0) is 6.54 Å². The van der Waals surface area contributed by atoms with Crippen molar-refractivity contribution in [2.45, 2.75) is 20.4 Å². The fourth-order valence-corrected chi connectivity index (χ4v) is 3.52. The summed E-state index contributed by atoms with van der Waals surface area (Å²) in [6, 6.07) is 19.7. The zero-order valence-corrected chi connectivity index (χ0v) is 15.2. The van der Waals surface area contributed by atoms with Crippen molar-refractivity contribution in [2.75, 3.05) is 0 Å². The van der Waals surface area contributed by atoms with Crippen LogP contribution in [-0.4, -0.2) is 15.7 Å². The van der Waals surface area contributed by atoms with Crippen LogP contribution in [0.1, 0.15) is 18.1 Å². The van der Waals surface area contributed by atoms with Crippen molar-refractivity contribution in [3.8, 4) is 0 Å². The minimum absolute atomic E-state index is 0.0890. The van der Waals surface area contributed by atoms with E-state index < -0.39 is 0 Å². The Balaban J connectivity index is 1.77. The monoisotopic (exact) mass is 357 g/mol. The fraction of sp³-hybridized carbons (Fsp3) is 0.136. The van der Waals surface area contributed by atoms with Crippen molar-refractivity contribution in [2.24, 2.45) is 4.99 Å². The number of fused-ring (bicyclic) bond motifs is 3. The molecule has 27 heavy (non-hydrogen) atoms. The first-order chi connectivity index (χ1) is 13.1. The molecule has 0 spiro atoms. The maximum absolute atomic E-state index is 11.1. The number of hydrogen-bond donors (Lipinski definition) is 0. The van der Waals surface area contributed by atoms with Crippen molar-refractivity contribution in [1.29, 1.82) is 0 Å². The van der Waals surface area contributed by atoms with Crippen LogP contribution in [0.4, 0.5) is 11.4 Å². The van der Waals surface area contributed by atoms with Gasteiger partial charge in [-0.2, -0.15) is 0 Å². The zero-order valence-electron chi connectivity index (χ0n) is 15.2. The maximum atomic E-state index is 11.1. The minimum Gasteiger partial charge on any atom is -0.341 e. The molecule has 5 nitrogen and oxygen atoms in total. The third kappa shape index (κ3) is 2.97. The number of nitrogens with zero attached hydrogens (tertiary/aromatic N) is 3. The smallest absolute Gasteiger partial charge is 0.274 e. The lowest BCUT2D eigenvalue weighted by atomic mass is 10.1. The quantitative estimate of drug-likeness (QED) is 0.264. The second-order valence-corrected chi connectivity index (χ2v) is 6.52. The molecule has 5 heteroatoms. The van der Waals surface area contributed by atoms with Gasteiger partial charge in [0, 0.05) is 46.2 Å². The first-order valence-corrected chi connectivity index (χ1v) is 8.88. The van der Waals surface area contributed by atoms with Crippen LogP contribution in [0.3, 0.4) is 0 Å². The van der Waals surface area contributed by atoms with Crippen LogP contribution in [0.5, 0.6) is 0 Å². The van der Waals surface area contributed by atoms with E-state index in [1.807, 2.05) is 12.1 Å². The molecule has 0 atom stereocenters. The second-order valence-electron chi connectivity index (χ2n) is 6.52. The molecule has 4 rings (SSSR count). The number of benzene rings is 3. The Morgan fingerprint density at radius 2 is 1.81 bits per heavy atom. The van der Waals surface area contributed by atoms with E-state index in [1.165, 1.54) is 27.9 Å². The first kappa shape index (κ1) is 17.0. The van der Waals surface area contributed by atoms with Crippen LogP contribution in [0, 0.1) is 17.0 Å². The Bertz CT molecular complexity index is 1210. The highest BCUT2D eigenvalue weighted by atomic mass is 16.6. The minimum atomic E-state index is -0.375. The number of rotatable bonds is 4. The molecule has 0 aliphatic carbocycles. The van der Waals surface area contributed by atoms with E-state index in [1.54, 1.807) is 25.3 Å². The molecule has 0 bridgehead atoms. The highest BCUT2D eigenvalue weighted by molar-refractivity contribution is 6.09. The van der Waals surface area contributed by atoms with Crippen molar-refractivity contribution in [3.05, 3.63) is 81.9 Å². The van der Waals surface area contributed by atoms with Gasteiger partial charge in [0.1, 0.15) is 0 Å². The molecular formula is C22H19N3O2. The van der Waals surface area contributed by atoms with Crippen LogP contribution in [0.2, 0.25) is 0 Å². The lowest BCUT2D eigenvalue weighted by Gasteiger charge is -2.02. The summed E-state index contributed by atoms with van der Waals surface area (Å²) in [6.45, 7) is 4.78. The van der Waals surface area contributed by atoms with Gasteiger partial charge in [-0.05, 0) is 43.7 Å². The number of nitro groups is 1. The molecule has 0 aliphatic rings. The topological polar surface area (TPSA) is 60.4 Å². The highest BCUT2D eigenvalue weighted by Crippen LogP contribution is 2.30. The van der Waals surface area contributed by atoms with E-state index >= 15 is 0 Å². The van der Waals surface area contributed by atoms with Gasteiger partial charge in [0.25, 0.3) is 5.69 Å². The number of nitro benzene ring substituents is 1. The van der Waals surface area contributed by atoms with Gasteiger partial charge in [-0.15, -0.1) is 0 Å². The molecule has 4 aromatic rings. The van der Waals surface area contributed by atoms with Gasteiger partial charge < -0.3 is 4.57 Å². The summed E-state index contributed by atoms with van der Waals surface area (Å²) in [4.78, 5) is 15.2. The van der Waals surface area contributed by atoms with Crippen molar-refractivity contribution >= 4 is 39.4 Å². The van der Waals surface area contributed by atoms with Crippen LogP contribution >= 0.6 is 0 Å². The standard InChI is InChI=1S/C22H19N3O2/c1-3-24-20-7-5-4-6-18(20)19-12-16(9-11-21(19)24)14-23-17-10-8-15(2)22(13-17)25(26)27/h4-14H,3H2,1-2H3. The summed E-state index contributed by atoms with van der Waals surface area (Å²) < 4.78 is 2.30. The molecule has 0 saturated carbocycles. The molecule has 0 saturated heterocycles. The van der Waals surface area contributed by atoms with Crippen LogP contribution < -0.4 is 0 Å². The third-order valence-corrected chi connectivity index (χ3v) is 4.86. The molecule has 0 unspecified atom stereocenters. The highest BCUT2D eigenvalue weighted by Gasteiger charge is 2.11. The summed E-state index contributed by atoms with van der Waals surface area (Å²) in [5, 5.41) is 13.5. The Morgan fingerprint density at radius 3 is 2.59 bits per heavy atom. The number of aromatic nitrogens is 1. The molecule has 1 aromatic heterocycles. The predicted octanol–water partition coefficient (Wildman–Crippen LogP) is 5.78. The maximum Gasteiger partial charge on any atom is 0.274 e. The fourth-order valence-electron chi connectivity index (χ4n) is 3.52. The molecule has 0 amide bonds. The van der Waals surface area contributed by atoms with Gasteiger partial charge in [-0.1, -0.05) is 30.3 Å². The van der Waals surface area contributed by atoms with Crippen molar-refractivity contribution < 1.29 is 4.92 Å². The van der Waals surface area contributed by atoms with Gasteiger partial charge in [-0.25, -0.2) is 0 Å². The van der Waals surface area contributed by atoms with Crippen LogP contribution in [0.25, 0.3) is 21.8 Å². The van der Waals surface area contributed by atoms with Crippen molar-refractivity contribution in [3.63, 3.8) is 0 Å². The lowest BCUT2D eigenvalue weighted by molar-refractivity contribution is -0.385. The normalized spacial score (nSPS) is 11.6. The number of hydrogen-bond acceptors (Lipinski definition) is 3. The third-order valence-electron chi connectivity index (χ3n) is 4.86. The summed E-state index contributed by atoms with van der Waals surface area (Å²) in [5.41, 5.74) is 4.67. The molecule has 0 N–H and O–H groups in total. The summed E-state index contributed by atoms with van der Waals surface area (Å²) in [6.07, 6.45) is 1.76. The Labute approximate surface area is 156 Å². The number of para-hydroxylation sites is 1. The zero-order chi connectivity index (χ0) is 19.0. The van der Waals surface area contributed by atoms with Gasteiger partial charge >= 0.3 is 0 Å². The molecule has 3 aromatic carbocycles. The molecule has 0 fully saturated rings. The van der Waals surface area contributed by atoms with Crippen LogP contribution in [0.15, 0.2) is 65.7 Å². The lowest BCUT2D eigenvalue weighted by Crippen LogP contribution is -1.92. The Hall–Kier alpha value is -3.47. The van der Waals surface area contributed by atoms with E-state index in [2.05, 4.69) is 46.8 Å². The van der Waals surface area contributed by atoms with E-state index in [9.17, 15) is 10.1 Å². The van der Waals surface area contributed by atoms with Gasteiger partial charge in [0.2, 0.25) is 0 Å². The van der Waals surface area contributed by atoms with E-state index in [0.29, 0.717) is 11.3 Å². The molecule has 0 aliphatic heterocycles. The average Bonchev–Trinajstić information content (AvgIpc) is 3.00. The summed E-state index contributed by atoms with van der Waals surface area (Å²) in [5.74, 6) is 0. The van der Waals surface area contributed by atoms with Gasteiger partial charge in [0.15, 0.2) is 0 Å². The largest absolute Gasteiger partial charge is 0.341 e. The molecule has 1 heterocycles. The van der Waals surface area contributed by atoms with Gasteiger partial charge in [-0.3, -0.25) is 15.1 Å². The first-order valence-electron chi connectivity index (χ1n) is 8.88. The van der Waals surface area contributed by atoms with E-state index in [4.69, 9.17) is 0 Å². The van der Waals surface area contributed by atoms with E-state index in [-0.39, 0.29) is 10.6 Å². The van der Waals surface area contributed by atoms with Gasteiger partial charge in [0.05, 0.1) is 10.6 Å². The predicted molar refractivity (Wildman–Crippen MR) is 110 cm³/mol. The average molecular weight is 357 g/mol. The SMILES string of the molecule is CCn1c2ccccc2c2cc(C=Nc3ccc(C)c([N+](=O)[O-])c3)ccc21. The molecule has 0 radical (unpaired) electrons. The Morgan fingerprint density at radius 1 is 1.04 bits per heavy atom. The number of aryl methyl sites for hydroxylation is 2. The second kappa shape index (κ2) is 6.68. The molecule has 134 valence electrons. The Kier molecular flexibility index (Phi) is 4.20. The number of aliphatic imine (C=N–C) groups is 1.